The van der Waals surface area contributed by atoms with Gasteiger partial charge in [-0.15, -0.1) is 0 Å². The number of hydrogen-bond acceptors (Lipinski definition) is 6. The number of amides is 2. The topological polar surface area (TPSA) is 109 Å². The van der Waals surface area contributed by atoms with Gasteiger partial charge in [0, 0.05) is 24.2 Å². The predicted octanol–water partition coefficient (Wildman–Crippen LogP) is 3.50. The van der Waals surface area contributed by atoms with E-state index in [9.17, 15) is 14.7 Å². The Morgan fingerprint density at radius 2 is 2.06 bits per heavy atom. The number of rotatable bonds is 6. The van der Waals surface area contributed by atoms with E-state index in [0.29, 0.717) is 29.6 Å². The van der Waals surface area contributed by atoms with Gasteiger partial charge in [-0.3, -0.25) is 14.6 Å². The lowest BCUT2D eigenvalue weighted by atomic mass is 10.0. The first-order chi connectivity index (χ1) is 15.5. The van der Waals surface area contributed by atoms with Crippen LogP contribution in [0.5, 0.6) is 5.75 Å². The maximum absolute atomic E-state index is 12.9. The first-order valence-electron chi connectivity index (χ1n) is 10.4. The minimum atomic E-state index is -0.478. The van der Waals surface area contributed by atoms with Crippen molar-refractivity contribution in [2.75, 3.05) is 13.1 Å². The van der Waals surface area contributed by atoms with Crippen LogP contribution in [-0.4, -0.2) is 44.9 Å². The molecule has 0 saturated carbocycles. The summed E-state index contributed by atoms with van der Waals surface area (Å²) >= 11 is 6.24. The number of pyridine rings is 1. The Balaban J connectivity index is 1.41. The van der Waals surface area contributed by atoms with E-state index in [1.54, 1.807) is 11.1 Å². The van der Waals surface area contributed by atoms with Crippen molar-refractivity contribution in [2.24, 2.45) is 0 Å². The molecule has 0 spiro atoms. The zero-order valence-corrected chi connectivity index (χ0v) is 18.1. The second-order valence-corrected chi connectivity index (χ2v) is 8.05. The molecule has 1 atom stereocenters. The van der Waals surface area contributed by atoms with Crippen molar-refractivity contribution in [3.63, 3.8) is 0 Å². The molecule has 2 amide bonds. The standard InChI is InChI=1S/C23H23ClN4O4/c24-19-6-2-1-5-15(19)10-18-13-27-23(32-18)20-7-3-4-8-28(20)21(30)14-26-22(31)16-9-17(29)12-25-11-16/h1-2,5-6,9,11-13,20,29H,3-4,7-8,10,14H2,(H,26,31)/t20-/m1/s1. The quantitative estimate of drug-likeness (QED) is 0.590. The smallest absolute Gasteiger partial charge is 0.253 e. The Hall–Kier alpha value is -3.39. The molecule has 1 aliphatic rings. The van der Waals surface area contributed by atoms with Crippen LogP contribution in [0.25, 0.3) is 0 Å². The zero-order chi connectivity index (χ0) is 22.5. The SMILES string of the molecule is O=C(NCC(=O)N1CCCC[C@@H]1c1ncc(Cc2ccccc2Cl)o1)c1cncc(O)c1. The molecule has 1 fully saturated rings. The minimum absolute atomic E-state index is 0.114. The summed E-state index contributed by atoms with van der Waals surface area (Å²) in [6.45, 7) is 0.396. The summed E-state index contributed by atoms with van der Waals surface area (Å²) in [6, 6.07) is 8.57. The van der Waals surface area contributed by atoms with Crippen LogP contribution in [-0.2, 0) is 11.2 Å². The highest BCUT2D eigenvalue weighted by molar-refractivity contribution is 6.31. The van der Waals surface area contributed by atoms with E-state index in [4.69, 9.17) is 16.0 Å². The molecule has 9 heteroatoms. The van der Waals surface area contributed by atoms with Crippen LogP contribution in [0.3, 0.4) is 0 Å². The summed E-state index contributed by atoms with van der Waals surface area (Å²) in [5.74, 6) is 0.353. The van der Waals surface area contributed by atoms with E-state index in [1.807, 2.05) is 24.3 Å². The number of aromatic nitrogens is 2. The summed E-state index contributed by atoms with van der Waals surface area (Å²) in [4.78, 5) is 35.1. The number of aromatic hydroxyl groups is 1. The number of halogens is 1. The molecule has 0 aliphatic carbocycles. The number of nitrogens with zero attached hydrogens (tertiary/aromatic N) is 3. The number of hydrogen-bond donors (Lipinski definition) is 2. The van der Waals surface area contributed by atoms with Crippen LogP contribution in [0, 0.1) is 0 Å². The number of likely N-dealkylation sites (tertiary alicyclic amines) is 1. The third-order valence-electron chi connectivity index (χ3n) is 5.39. The second-order valence-electron chi connectivity index (χ2n) is 7.65. The maximum Gasteiger partial charge on any atom is 0.253 e. The van der Waals surface area contributed by atoms with E-state index in [0.717, 1.165) is 24.8 Å². The van der Waals surface area contributed by atoms with Crippen LogP contribution in [0.1, 0.15) is 52.9 Å². The summed E-state index contributed by atoms with van der Waals surface area (Å²) in [5.41, 5.74) is 1.13. The van der Waals surface area contributed by atoms with Crippen molar-refractivity contribution >= 4 is 23.4 Å². The van der Waals surface area contributed by atoms with Gasteiger partial charge in [0.1, 0.15) is 17.6 Å². The third kappa shape index (κ3) is 5.08. The van der Waals surface area contributed by atoms with E-state index in [2.05, 4.69) is 15.3 Å². The molecule has 2 aromatic heterocycles. The number of benzene rings is 1. The van der Waals surface area contributed by atoms with Crippen LogP contribution in [0.2, 0.25) is 5.02 Å². The van der Waals surface area contributed by atoms with Gasteiger partial charge in [-0.2, -0.15) is 0 Å². The fraction of sp³-hybridized carbons (Fsp3) is 0.304. The van der Waals surface area contributed by atoms with E-state index >= 15 is 0 Å². The van der Waals surface area contributed by atoms with Crippen molar-refractivity contribution in [3.8, 4) is 5.75 Å². The highest BCUT2D eigenvalue weighted by Crippen LogP contribution is 2.31. The zero-order valence-electron chi connectivity index (χ0n) is 17.3. The molecule has 0 radical (unpaired) electrons. The molecule has 8 nitrogen and oxygen atoms in total. The van der Waals surface area contributed by atoms with Crippen molar-refractivity contribution in [1.82, 2.24) is 20.2 Å². The largest absolute Gasteiger partial charge is 0.506 e. The average Bonchev–Trinajstić information content (AvgIpc) is 3.27. The number of carbonyl (C=O) groups excluding carboxylic acids is 2. The fourth-order valence-electron chi connectivity index (χ4n) is 3.79. The van der Waals surface area contributed by atoms with Gasteiger partial charge in [-0.1, -0.05) is 29.8 Å². The number of piperidine rings is 1. The van der Waals surface area contributed by atoms with E-state index in [1.165, 1.54) is 18.5 Å². The van der Waals surface area contributed by atoms with Gasteiger partial charge >= 0.3 is 0 Å². The predicted molar refractivity (Wildman–Crippen MR) is 117 cm³/mol. The highest BCUT2D eigenvalue weighted by atomic mass is 35.5. The highest BCUT2D eigenvalue weighted by Gasteiger charge is 2.31. The van der Waals surface area contributed by atoms with E-state index < -0.39 is 5.91 Å². The first kappa shape index (κ1) is 21.8. The lowest BCUT2D eigenvalue weighted by molar-refractivity contribution is -0.134. The molecule has 3 aromatic rings. The molecule has 166 valence electrons. The third-order valence-corrected chi connectivity index (χ3v) is 5.76. The van der Waals surface area contributed by atoms with Crippen LogP contribution in [0.15, 0.2) is 53.3 Å². The number of nitrogens with one attached hydrogen (secondary N) is 1. The minimum Gasteiger partial charge on any atom is -0.506 e. The Labute approximate surface area is 190 Å². The Kier molecular flexibility index (Phi) is 6.70. The van der Waals surface area contributed by atoms with Crippen LogP contribution < -0.4 is 5.32 Å². The molecule has 2 N–H and O–H groups in total. The average molecular weight is 455 g/mol. The summed E-state index contributed by atoms with van der Waals surface area (Å²) in [7, 11) is 0. The van der Waals surface area contributed by atoms with Crippen LogP contribution in [0.4, 0.5) is 0 Å². The maximum atomic E-state index is 12.9. The Morgan fingerprint density at radius 3 is 2.88 bits per heavy atom. The molecule has 0 bridgehead atoms. The van der Waals surface area contributed by atoms with Gasteiger partial charge < -0.3 is 19.7 Å². The Bertz CT molecular complexity index is 1120. The molecule has 3 heterocycles. The summed E-state index contributed by atoms with van der Waals surface area (Å²) < 4.78 is 5.98. The normalized spacial score (nSPS) is 16.0. The summed E-state index contributed by atoms with van der Waals surface area (Å²) in [6.07, 6.45) is 7.32. The lowest BCUT2D eigenvalue weighted by Gasteiger charge is -2.33. The van der Waals surface area contributed by atoms with Crippen molar-refractivity contribution in [1.29, 1.82) is 0 Å². The second kappa shape index (κ2) is 9.82. The van der Waals surface area contributed by atoms with Gasteiger partial charge in [0.05, 0.1) is 24.5 Å². The number of oxazole rings is 1. The molecule has 32 heavy (non-hydrogen) atoms. The van der Waals surface area contributed by atoms with Gasteiger partial charge in [-0.05, 0) is 37.0 Å². The first-order valence-corrected chi connectivity index (χ1v) is 10.8. The molecular formula is C23H23ClN4O4. The molecule has 1 saturated heterocycles. The molecule has 1 aromatic carbocycles. The van der Waals surface area contributed by atoms with E-state index in [-0.39, 0.29) is 29.8 Å². The number of carbonyl (C=O) groups is 2. The van der Waals surface area contributed by atoms with Gasteiger partial charge in [0.15, 0.2) is 0 Å². The Morgan fingerprint density at radius 1 is 1.22 bits per heavy atom. The van der Waals surface area contributed by atoms with Crippen molar-refractivity contribution in [3.05, 3.63) is 76.7 Å². The lowest BCUT2D eigenvalue weighted by Crippen LogP contribution is -2.44. The molecular weight excluding hydrogens is 432 g/mol. The van der Waals surface area contributed by atoms with Gasteiger partial charge in [0.2, 0.25) is 11.8 Å². The molecule has 0 unspecified atom stereocenters. The fourth-order valence-corrected chi connectivity index (χ4v) is 3.99. The van der Waals surface area contributed by atoms with Crippen molar-refractivity contribution in [2.45, 2.75) is 31.7 Å². The summed E-state index contributed by atoms with van der Waals surface area (Å²) in [5, 5.41) is 12.7. The molecule has 4 rings (SSSR count). The van der Waals surface area contributed by atoms with Crippen LogP contribution >= 0.6 is 11.6 Å². The van der Waals surface area contributed by atoms with Crippen molar-refractivity contribution < 1.29 is 19.1 Å². The monoisotopic (exact) mass is 454 g/mol. The van der Waals surface area contributed by atoms with Gasteiger partial charge in [0.25, 0.3) is 5.91 Å². The molecule has 1 aliphatic heterocycles. The van der Waals surface area contributed by atoms with Gasteiger partial charge in [-0.25, -0.2) is 4.98 Å².